The van der Waals surface area contributed by atoms with Gasteiger partial charge in [-0.25, -0.2) is 9.59 Å². The number of carbonyl (C=O) groups excluding carboxylic acids is 1. The molecule has 1 rings (SSSR count). The summed E-state index contributed by atoms with van der Waals surface area (Å²) in [6.07, 6.45) is -0.474. The second-order valence-corrected chi connectivity index (χ2v) is 3.31. The number of aliphatic hydroxyl groups excluding tert-OH is 1. The molecule has 84 valence electrons. The van der Waals surface area contributed by atoms with E-state index in [0.29, 0.717) is 0 Å². The molecule has 6 nitrogen and oxygen atoms in total. The van der Waals surface area contributed by atoms with Crippen LogP contribution in [-0.2, 0) is 9.53 Å². The first-order valence-corrected chi connectivity index (χ1v) is 4.49. The maximum Gasteiger partial charge on any atom is 0.410 e. The van der Waals surface area contributed by atoms with Crippen molar-refractivity contribution in [2.45, 2.75) is 6.10 Å². The molecule has 0 aromatic carbocycles. The van der Waals surface area contributed by atoms with Crippen LogP contribution in [0.3, 0.4) is 0 Å². The number of carboxylic acid groups (broad SMARTS) is 1. The maximum absolute atomic E-state index is 11.1. The minimum Gasteiger partial charge on any atom is -0.479 e. The van der Waals surface area contributed by atoms with Crippen LogP contribution >= 0.6 is 0 Å². The van der Waals surface area contributed by atoms with Crippen LogP contribution in [0.15, 0.2) is 12.7 Å². The van der Waals surface area contributed by atoms with Crippen molar-refractivity contribution in [3.05, 3.63) is 12.7 Å². The number of aliphatic hydroxyl groups is 1. The molecule has 0 saturated carbocycles. The molecule has 1 aliphatic rings. The third-order valence-corrected chi connectivity index (χ3v) is 2.19. The third kappa shape index (κ3) is 2.69. The highest BCUT2D eigenvalue weighted by Crippen LogP contribution is 2.20. The van der Waals surface area contributed by atoms with Gasteiger partial charge in [-0.15, -0.1) is 0 Å². The molecule has 0 radical (unpaired) electrons. The summed E-state index contributed by atoms with van der Waals surface area (Å²) in [5.74, 6) is -1.67. The highest BCUT2D eigenvalue weighted by atomic mass is 16.6. The number of rotatable bonds is 4. The maximum atomic E-state index is 11.1. The summed E-state index contributed by atoms with van der Waals surface area (Å²) < 4.78 is 4.72. The summed E-state index contributed by atoms with van der Waals surface area (Å²) in [7, 11) is 0. The fraction of sp³-hybridized carbons (Fsp3) is 0.556. The van der Waals surface area contributed by atoms with Crippen LogP contribution < -0.4 is 0 Å². The zero-order valence-electron chi connectivity index (χ0n) is 8.13. The van der Waals surface area contributed by atoms with Crippen molar-refractivity contribution in [2.24, 2.45) is 5.92 Å². The van der Waals surface area contributed by atoms with Gasteiger partial charge in [0.05, 0.1) is 0 Å². The van der Waals surface area contributed by atoms with Gasteiger partial charge in [0.15, 0.2) is 6.10 Å². The van der Waals surface area contributed by atoms with E-state index in [-0.39, 0.29) is 19.7 Å². The SMILES string of the molecule is C=CCOC(=O)N1CC(C(O)C(=O)O)C1. The molecule has 1 unspecified atom stereocenters. The minimum atomic E-state index is -1.41. The van der Waals surface area contributed by atoms with Gasteiger partial charge in [0.25, 0.3) is 0 Å². The van der Waals surface area contributed by atoms with Crippen molar-refractivity contribution in [3.63, 3.8) is 0 Å². The van der Waals surface area contributed by atoms with Crippen molar-refractivity contribution in [1.82, 2.24) is 4.90 Å². The Kier molecular flexibility index (Phi) is 3.68. The fourth-order valence-electron chi connectivity index (χ4n) is 1.28. The van der Waals surface area contributed by atoms with Crippen LogP contribution in [0.1, 0.15) is 0 Å². The molecule has 1 saturated heterocycles. The van der Waals surface area contributed by atoms with Gasteiger partial charge in [0.2, 0.25) is 0 Å². The molecule has 1 atom stereocenters. The van der Waals surface area contributed by atoms with Crippen molar-refractivity contribution >= 4 is 12.1 Å². The number of hydrogen-bond acceptors (Lipinski definition) is 4. The number of amides is 1. The summed E-state index contributed by atoms with van der Waals surface area (Å²) in [6.45, 7) is 3.94. The quantitative estimate of drug-likeness (QED) is 0.628. The Hall–Kier alpha value is -1.56. The van der Waals surface area contributed by atoms with Gasteiger partial charge in [-0.1, -0.05) is 12.7 Å². The lowest BCUT2D eigenvalue weighted by molar-refractivity contribution is -0.153. The van der Waals surface area contributed by atoms with Gasteiger partial charge in [-0.05, 0) is 0 Å². The van der Waals surface area contributed by atoms with Crippen molar-refractivity contribution in [1.29, 1.82) is 0 Å². The lowest BCUT2D eigenvalue weighted by Gasteiger charge is -2.39. The Morgan fingerprint density at radius 3 is 2.67 bits per heavy atom. The Labute approximate surface area is 86.7 Å². The van der Waals surface area contributed by atoms with E-state index in [1.54, 1.807) is 0 Å². The first-order chi connectivity index (χ1) is 7.06. The van der Waals surface area contributed by atoms with Crippen LogP contribution in [0, 0.1) is 5.92 Å². The molecule has 15 heavy (non-hydrogen) atoms. The topological polar surface area (TPSA) is 87.1 Å². The molecule has 1 heterocycles. The summed E-state index contributed by atoms with van der Waals surface area (Å²) in [6, 6.07) is 0. The van der Waals surface area contributed by atoms with E-state index < -0.39 is 24.1 Å². The smallest absolute Gasteiger partial charge is 0.410 e. The Morgan fingerprint density at radius 2 is 2.20 bits per heavy atom. The zero-order chi connectivity index (χ0) is 11.4. The standard InChI is InChI=1S/C9H13NO5/c1-2-3-15-9(14)10-4-6(5-10)7(11)8(12)13/h2,6-7,11H,1,3-5H2,(H,12,13). The molecule has 0 aliphatic carbocycles. The lowest BCUT2D eigenvalue weighted by atomic mass is 9.94. The first kappa shape index (κ1) is 11.5. The van der Waals surface area contributed by atoms with Crippen molar-refractivity contribution in [2.75, 3.05) is 19.7 Å². The van der Waals surface area contributed by atoms with E-state index in [2.05, 4.69) is 6.58 Å². The summed E-state index contributed by atoms with van der Waals surface area (Å²) in [5, 5.41) is 17.6. The average Bonchev–Trinajstić information content (AvgIpc) is 2.11. The van der Waals surface area contributed by atoms with Gasteiger partial charge >= 0.3 is 12.1 Å². The number of likely N-dealkylation sites (tertiary alicyclic amines) is 1. The molecule has 0 aromatic heterocycles. The van der Waals surface area contributed by atoms with Crippen LogP contribution in [-0.4, -0.2) is 53.0 Å². The molecule has 0 spiro atoms. The molecule has 6 heteroatoms. The van der Waals surface area contributed by atoms with E-state index in [9.17, 15) is 9.59 Å². The van der Waals surface area contributed by atoms with Gasteiger partial charge in [-0.2, -0.15) is 0 Å². The molecule has 2 N–H and O–H groups in total. The number of ether oxygens (including phenoxy) is 1. The minimum absolute atomic E-state index is 0.126. The molecular weight excluding hydrogens is 202 g/mol. The van der Waals surface area contributed by atoms with E-state index in [1.165, 1.54) is 11.0 Å². The van der Waals surface area contributed by atoms with Gasteiger partial charge in [0.1, 0.15) is 6.61 Å². The third-order valence-electron chi connectivity index (χ3n) is 2.19. The summed E-state index contributed by atoms with van der Waals surface area (Å²) in [4.78, 5) is 22.9. The van der Waals surface area contributed by atoms with Gasteiger partial charge in [0, 0.05) is 19.0 Å². The molecule has 1 amide bonds. The van der Waals surface area contributed by atoms with Crippen molar-refractivity contribution in [3.8, 4) is 0 Å². The van der Waals surface area contributed by atoms with Crippen LogP contribution in [0.2, 0.25) is 0 Å². The number of carbonyl (C=O) groups is 2. The molecule has 0 aromatic rings. The van der Waals surface area contributed by atoms with Crippen LogP contribution in [0.5, 0.6) is 0 Å². The van der Waals surface area contributed by atoms with Gasteiger partial charge in [-0.3, -0.25) is 0 Å². The van der Waals surface area contributed by atoms with Crippen LogP contribution in [0.25, 0.3) is 0 Å². The van der Waals surface area contributed by atoms with E-state index >= 15 is 0 Å². The first-order valence-electron chi connectivity index (χ1n) is 4.49. The highest BCUT2D eigenvalue weighted by molar-refractivity contribution is 5.74. The second kappa shape index (κ2) is 4.79. The Balaban J connectivity index is 2.27. The van der Waals surface area contributed by atoms with E-state index in [1.807, 2.05) is 0 Å². The molecule has 1 fully saturated rings. The Morgan fingerprint density at radius 1 is 1.60 bits per heavy atom. The number of hydrogen-bond donors (Lipinski definition) is 2. The summed E-state index contributed by atoms with van der Waals surface area (Å²) >= 11 is 0. The normalized spacial score (nSPS) is 17.8. The number of nitrogens with zero attached hydrogens (tertiary/aromatic N) is 1. The van der Waals surface area contributed by atoms with E-state index in [4.69, 9.17) is 14.9 Å². The predicted molar refractivity (Wildman–Crippen MR) is 50.3 cm³/mol. The largest absolute Gasteiger partial charge is 0.479 e. The van der Waals surface area contributed by atoms with E-state index in [0.717, 1.165) is 0 Å². The highest BCUT2D eigenvalue weighted by Gasteiger charge is 2.39. The second-order valence-electron chi connectivity index (χ2n) is 3.31. The molecule has 1 aliphatic heterocycles. The van der Waals surface area contributed by atoms with Gasteiger partial charge < -0.3 is 19.8 Å². The lowest BCUT2D eigenvalue weighted by Crippen LogP contribution is -2.56. The predicted octanol–water partition coefficient (Wildman–Crippen LogP) is -0.314. The monoisotopic (exact) mass is 215 g/mol. The summed E-state index contributed by atoms with van der Waals surface area (Å²) in [5.41, 5.74) is 0. The molecule has 0 bridgehead atoms. The fourth-order valence-corrected chi connectivity index (χ4v) is 1.28. The number of carboxylic acids is 1. The zero-order valence-corrected chi connectivity index (χ0v) is 8.13. The van der Waals surface area contributed by atoms with Crippen LogP contribution in [0.4, 0.5) is 4.79 Å². The number of aliphatic carboxylic acids is 1. The van der Waals surface area contributed by atoms with Crippen molar-refractivity contribution < 1.29 is 24.5 Å². The molecular formula is C9H13NO5. The Bertz CT molecular complexity index is 272. The average molecular weight is 215 g/mol.